The maximum Gasteiger partial charge on any atom is 0.271 e. The van der Waals surface area contributed by atoms with Gasteiger partial charge in [0.1, 0.15) is 5.69 Å². The monoisotopic (exact) mass is 342 g/mol. The van der Waals surface area contributed by atoms with Crippen LogP contribution in [0.1, 0.15) is 33.7 Å². The third kappa shape index (κ3) is 3.85. The molecule has 2 aromatic rings. The first-order chi connectivity index (χ1) is 12.0. The van der Waals surface area contributed by atoms with Gasteiger partial charge in [0, 0.05) is 42.7 Å². The van der Waals surface area contributed by atoms with Gasteiger partial charge in [0.15, 0.2) is 5.78 Å². The van der Waals surface area contributed by atoms with Crippen molar-refractivity contribution in [1.29, 1.82) is 0 Å². The Hall–Kier alpha value is -3.16. The number of nitrogens with zero attached hydrogens (tertiary/aromatic N) is 2. The lowest BCUT2D eigenvalue weighted by Gasteiger charge is -2.13. The molecule has 3 rings (SSSR count). The first-order valence-corrected chi connectivity index (χ1v) is 8.04. The van der Waals surface area contributed by atoms with Crippen molar-refractivity contribution in [2.75, 3.05) is 25.0 Å². The minimum absolute atomic E-state index is 0.0175. The molecule has 1 aliphatic rings. The summed E-state index contributed by atoms with van der Waals surface area (Å²) in [5, 5.41) is 13.6. The molecule has 25 heavy (non-hydrogen) atoms. The molecule has 0 spiro atoms. The van der Waals surface area contributed by atoms with E-state index in [9.17, 15) is 19.7 Å². The maximum absolute atomic E-state index is 12.3. The van der Waals surface area contributed by atoms with Gasteiger partial charge in [-0.1, -0.05) is 6.07 Å². The molecule has 130 valence electrons. The summed E-state index contributed by atoms with van der Waals surface area (Å²) in [6, 6.07) is 7.51. The second-order valence-corrected chi connectivity index (χ2v) is 5.89. The highest BCUT2D eigenvalue weighted by Gasteiger charge is 2.21. The Balaban J connectivity index is 1.61. The number of rotatable bonds is 6. The van der Waals surface area contributed by atoms with Crippen LogP contribution in [-0.2, 0) is 0 Å². The second kappa shape index (κ2) is 7.16. The number of anilines is 1. The SMILES string of the molecule is O=C(CNc1cccc([N+](=O)[O-])c1)c1c[nH]c(C(=O)N2CCCC2)c1. The Morgan fingerprint density at radius 3 is 2.72 bits per heavy atom. The van der Waals surface area contributed by atoms with Crippen LogP contribution in [0.4, 0.5) is 11.4 Å². The van der Waals surface area contributed by atoms with Crippen molar-refractivity contribution in [3.63, 3.8) is 0 Å². The van der Waals surface area contributed by atoms with E-state index in [1.165, 1.54) is 18.3 Å². The summed E-state index contributed by atoms with van der Waals surface area (Å²) >= 11 is 0. The van der Waals surface area contributed by atoms with E-state index < -0.39 is 4.92 Å². The Morgan fingerprint density at radius 1 is 1.24 bits per heavy atom. The predicted molar refractivity (Wildman–Crippen MR) is 91.8 cm³/mol. The number of Topliss-reactive ketones (excluding diaryl/α,β-unsaturated/α-hetero) is 1. The number of aromatic amines is 1. The zero-order chi connectivity index (χ0) is 17.8. The Morgan fingerprint density at radius 2 is 2.00 bits per heavy atom. The Bertz CT molecular complexity index is 808. The average Bonchev–Trinajstić information content (AvgIpc) is 3.31. The number of amides is 1. The molecule has 0 aliphatic carbocycles. The predicted octanol–water partition coefficient (Wildman–Crippen LogP) is 2.45. The lowest BCUT2D eigenvalue weighted by Crippen LogP contribution is -2.27. The summed E-state index contributed by atoms with van der Waals surface area (Å²) in [6.07, 6.45) is 3.53. The van der Waals surface area contributed by atoms with Crippen molar-refractivity contribution < 1.29 is 14.5 Å². The fraction of sp³-hybridized carbons (Fsp3) is 0.294. The molecule has 0 atom stereocenters. The van der Waals surface area contributed by atoms with E-state index in [0.717, 1.165) is 25.9 Å². The number of nitro benzene ring substituents is 1. The number of nitrogens with one attached hydrogen (secondary N) is 2. The second-order valence-electron chi connectivity index (χ2n) is 5.89. The maximum atomic E-state index is 12.3. The average molecular weight is 342 g/mol. The first-order valence-electron chi connectivity index (χ1n) is 8.04. The summed E-state index contributed by atoms with van der Waals surface area (Å²) in [5.74, 6) is -0.300. The van der Waals surface area contributed by atoms with Crippen molar-refractivity contribution in [2.45, 2.75) is 12.8 Å². The van der Waals surface area contributed by atoms with Crippen LogP contribution in [0, 0.1) is 10.1 Å². The van der Waals surface area contributed by atoms with E-state index in [0.29, 0.717) is 16.9 Å². The molecule has 1 aromatic carbocycles. The summed E-state index contributed by atoms with van der Waals surface area (Å²) in [5.41, 5.74) is 1.25. The highest BCUT2D eigenvalue weighted by molar-refractivity contribution is 6.02. The molecule has 0 radical (unpaired) electrons. The van der Waals surface area contributed by atoms with Gasteiger partial charge in [-0.2, -0.15) is 0 Å². The summed E-state index contributed by atoms with van der Waals surface area (Å²) in [7, 11) is 0. The van der Waals surface area contributed by atoms with Gasteiger partial charge >= 0.3 is 0 Å². The van der Waals surface area contributed by atoms with E-state index in [1.807, 2.05) is 0 Å². The lowest BCUT2D eigenvalue weighted by atomic mass is 10.2. The number of ketones is 1. The van der Waals surface area contributed by atoms with E-state index in [4.69, 9.17) is 0 Å². The van der Waals surface area contributed by atoms with E-state index >= 15 is 0 Å². The van der Waals surface area contributed by atoms with Crippen LogP contribution in [0.3, 0.4) is 0 Å². The molecule has 8 nitrogen and oxygen atoms in total. The van der Waals surface area contributed by atoms with E-state index in [2.05, 4.69) is 10.3 Å². The van der Waals surface area contributed by atoms with Crippen LogP contribution in [0.25, 0.3) is 0 Å². The Labute approximate surface area is 144 Å². The fourth-order valence-corrected chi connectivity index (χ4v) is 2.78. The van der Waals surface area contributed by atoms with Crippen LogP contribution in [0.5, 0.6) is 0 Å². The van der Waals surface area contributed by atoms with Crippen LogP contribution in [0.15, 0.2) is 36.5 Å². The lowest BCUT2D eigenvalue weighted by molar-refractivity contribution is -0.384. The molecule has 2 heterocycles. The minimum atomic E-state index is -0.491. The number of hydrogen-bond donors (Lipinski definition) is 2. The molecular formula is C17H18N4O4. The largest absolute Gasteiger partial charge is 0.377 e. The standard InChI is InChI=1S/C17H18N4O4/c22-16(11-18-13-4-3-5-14(9-13)21(24)25)12-8-15(19-10-12)17(23)20-6-1-2-7-20/h3-5,8-10,18-19H,1-2,6-7,11H2. The highest BCUT2D eigenvalue weighted by Crippen LogP contribution is 2.17. The number of hydrogen-bond acceptors (Lipinski definition) is 5. The number of H-pyrrole nitrogens is 1. The summed E-state index contributed by atoms with van der Waals surface area (Å²) < 4.78 is 0. The van der Waals surface area contributed by atoms with Crippen LogP contribution < -0.4 is 5.32 Å². The Kier molecular flexibility index (Phi) is 4.78. The molecule has 0 bridgehead atoms. The van der Waals surface area contributed by atoms with Gasteiger partial charge in [-0.15, -0.1) is 0 Å². The quantitative estimate of drug-likeness (QED) is 0.476. The molecule has 1 aromatic heterocycles. The van der Waals surface area contributed by atoms with Gasteiger partial charge in [0.25, 0.3) is 11.6 Å². The number of carbonyl (C=O) groups excluding carboxylic acids is 2. The van der Waals surface area contributed by atoms with Crippen molar-refractivity contribution in [2.24, 2.45) is 0 Å². The van der Waals surface area contributed by atoms with Crippen LogP contribution >= 0.6 is 0 Å². The van der Waals surface area contributed by atoms with Gasteiger partial charge in [0.05, 0.1) is 11.5 Å². The van der Waals surface area contributed by atoms with Crippen LogP contribution in [-0.4, -0.2) is 46.1 Å². The zero-order valence-corrected chi connectivity index (χ0v) is 13.5. The first kappa shape index (κ1) is 16.7. The molecule has 1 saturated heterocycles. The topological polar surface area (TPSA) is 108 Å². The summed E-state index contributed by atoms with van der Waals surface area (Å²) in [4.78, 5) is 39.4. The van der Waals surface area contributed by atoms with Crippen molar-refractivity contribution in [3.8, 4) is 0 Å². The van der Waals surface area contributed by atoms with Crippen molar-refractivity contribution >= 4 is 23.1 Å². The molecule has 0 unspecified atom stereocenters. The molecule has 0 saturated carbocycles. The van der Waals surface area contributed by atoms with Gasteiger partial charge in [-0.25, -0.2) is 0 Å². The number of aromatic nitrogens is 1. The number of likely N-dealkylation sites (tertiary alicyclic amines) is 1. The number of benzene rings is 1. The third-order valence-corrected chi connectivity index (χ3v) is 4.14. The number of carbonyl (C=O) groups is 2. The molecule has 1 amide bonds. The van der Waals surface area contributed by atoms with Crippen molar-refractivity contribution in [1.82, 2.24) is 9.88 Å². The zero-order valence-electron chi connectivity index (χ0n) is 13.5. The number of nitro groups is 1. The fourth-order valence-electron chi connectivity index (χ4n) is 2.78. The number of non-ortho nitro benzene ring substituents is 1. The smallest absolute Gasteiger partial charge is 0.271 e. The molecular weight excluding hydrogens is 324 g/mol. The van der Waals surface area contributed by atoms with Gasteiger partial charge in [-0.3, -0.25) is 19.7 Å². The van der Waals surface area contributed by atoms with E-state index in [1.54, 1.807) is 23.1 Å². The molecule has 8 heteroatoms. The molecule has 1 aliphatic heterocycles. The van der Waals surface area contributed by atoms with Crippen LogP contribution in [0.2, 0.25) is 0 Å². The van der Waals surface area contributed by atoms with E-state index in [-0.39, 0.29) is 23.9 Å². The summed E-state index contributed by atoms with van der Waals surface area (Å²) in [6.45, 7) is 1.47. The van der Waals surface area contributed by atoms with Gasteiger partial charge in [-0.05, 0) is 25.0 Å². The highest BCUT2D eigenvalue weighted by atomic mass is 16.6. The van der Waals surface area contributed by atoms with Gasteiger partial charge < -0.3 is 15.2 Å². The van der Waals surface area contributed by atoms with Gasteiger partial charge in [0.2, 0.25) is 0 Å². The molecule has 2 N–H and O–H groups in total. The minimum Gasteiger partial charge on any atom is -0.377 e. The van der Waals surface area contributed by atoms with Crippen molar-refractivity contribution in [3.05, 3.63) is 57.9 Å². The third-order valence-electron chi connectivity index (χ3n) is 4.14. The molecule has 1 fully saturated rings. The normalized spacial score (nSPS) is 13.7.